The summed E-state index contributed by atoms with van der Waals surface area (Å²) in [5.41, 5.74) is 1.78. The highest BCUT2D eigenvalue weighted by Gasteiger charge is 2.13. The summed E-state index contributed by atoms with van der Waals surface area (Å²) in [5, 5.41) is 14.3. The number of ether oxygens (including phenoxy) is 2. The lowest BCUT2D eigenvalue weighted by atomic mass is 10.0. The summed E-state index contributed by atoms with van der Waals surface area (Å²) in [7, 11) is 1.65. The van der Waals surface area contributed by atoms with Gasteiger partial charge < -0.3 is 14.8 Å². The highest BCUT2D eigenvalue weighted by atomic mass is 16.6. The first-order chi connectivity index (χ1) is 10.1. The number of nitrogens with zero attached hydrogens (tertiary/aromatic N) is 1. The summed E-state index contributed by atoms with van der Waals surface area (Å²) in [5.74, 6) is 0. The van der Waals surface area contributed by atoms with Crippen LogP contribution in [0.25, 0.3) is 0 Å². The van der Waals surface area contributed by atoms with Gasteiger partial charge in [0.15, 0.2) is 0 Å². The van der Waals surface area contributed by atoms with E-state index in [-0.39, 0.29) is 16.7 Å². The summed E-state index contributed by atoms with van der Waals surface area (Å²) in [6, 6.07) is 5.43. The second-order valence-electron chi connectivity index (χ2n) is 4.94. The first-order valence-corrected chi connectivity index (χ1v) is 7.11. The first-order valence-electron chi connectivity index (χ1n) is 7.11. The normalized spacial score (nSPS) is 12.3. The number of nitro benzene ring substituents is 1. The molecular weight excluding hydrogens is 272 g/mol. The van der Waals surface area contributed by atoms with E-state index in [4.69, 9.17) is 9.47 Å². The Morgan fingerprint density at radius 1 is 1.33 bits per heavy atom. The monoisotopic (exact) mass is 296 g/mol. The van der Waals surface area contributed by atoms with Crippen LogP contribution < -0.4 is 5.32 Å². The molecule has 0 radical (unpaired) electrons. The molecule has 21 heavy (non-hydrogen) atoms. The molecule has 118 valence electrons. The van der Waals surface area contributed by atoms with E-state index in [0.29, 0.717) is 25.4 Å². The van der Waals surface area contributed by atoms with E-state index in [1.165, 1.54) is 0 Å². The van der Waals surface area contributed by atoms with Gasteiger partial charge in [-0.3, -0.25) is 10.1 Å². The molecule has 0 aliphatic carbocycles. The van der Waals surface area contributed by atoms with Crippen LogP contribution in [0.3, 0.4) is 0 Å². The lowest BCUT2D eigenvalue weighted by Gasteiger charge is -2.14. The van der Waals surface area contributed by atoms with Gasteiger partial charge in [-0.25, -0.2) is 0 Å². The average molecular weight is 296 g/mol. The summed E-state index contributed by atoms with van der Waals surface area (Å²) < 4.78 is 10.3. The number of methoxy groups -OCH3 is 1. The molecule has 0 aliphatic rings. The van der Waals surface area contributed by atoms with Crippen LogP contribution in [0.2, 0.25) is 0 Å². The minimum atomic E-state index is -0.338. The number of nitrogens with one attached hydrogen (secondary N) is 1. The van der Waals surface area contributed by atoms with Gasteiger partial charge in [-0.15, -0.1) is 0 Å². The van der Waals surface area contributed by atoms with Crippen molar-refractivity contribution in [1.82, 2.24) is 5.32 Å². The van der Waals surface area contributed by atoms with E-state index in [2.05, 4.69) is 5.32 Å². The fourth-order valence-electron chi connectivity index (χ4n) is 1.95. The third-order valence-electron chi connectivity index (χ3n) is 3.28. The van der Waals surface area contributed by atoms with Crippen molar-refractivity contribution >= 4 is 5.69 Å². The van der Waals surface area contributed by atoms with Crippen LogP contribution in [-0.4, -0.2) is 38.4 Å². The molecule has 1 rings (SSSR count). The molecule has 1 aromatic carbocycles. The van der Waals surface area contributed by atoms with Crippen LogP contribution in [0.5, 0.6) is 0 Å². The SMILES string of the molecule is COCCOCCCNC(C)c1ccc(C)c([N+](=O)[O-])c1. The average Bonchev–Trinajstić information content (AvgIpc) is 2.46. The Morgan fingerprint density at radius 2 is 2.10 bits per heavy atom. The van der Waals surface area contributed by atoms with Gasteiger partial charge in [-0.2, -0.15) is 0 Å². The van der Waals surface area contributed by atoms with Crippen molar-refractivity contribution in [3.8, 4) is 0 Å². The minimum Gasteiger partial charge on any atom is -0.382 e. The quantitative estimate of drug-likeness (QED) is 0.408. The van der Waals surface area contributed by atoms with Gasteiger partial charge >= 0.3 is 0 Å². The van der Waals surface area contributed by atoms with Gasteiger partial charge in [-0.05, 0) is 32.4 Å². The smallest absolute Gasteiger partial charge is 0.272 e. The molecule has 1 unspecified atom stereocenters. The molecule has 0 saturated heterocycles. The number of rotatable bonds is 10. The minimum absolute atomic E-state index is 0.0725. The van der Waals surface area contributed by atoms with Crippen molar-refractivity contribution in [1.29, 1.82) is 0 Å². The molecule has 0 aliphatic heterocycles. The van der Waals surface area contributed by atoms with Crippen molar-refractivity contribution in [3.05, 3.63) is 39.4 Å². The molecule has 6 heteroatoms. The lowest BCUT2D eigenvalue weighted by molar-refractivity contribution is -0.385. The van der Waals surface area contributed by atoms with E-state index in [9.17, 15) is 10.1 Å². The van der Waals surface area contributed by atoms with Crippen molar-refractivity contribution in [2.24, 2.45) is 0 Å². The highest BCUT2D eigenvalue weighted by molar-refractivity contribution is 5.43. The van der Waals surface area contributed by atoms with Crippen LogP contribution in [-0.2, 0) is 9.47 Å². The summed E-state index contributed by atoms with van der Waals surface area (Å²) in [4.78, 5) is 10.6. The zero-order valence-electron chi connectivity index (χ0n) is 12.9. The molecule has 1 aromatic rings. The Bertz CT molecular complexity index is 451. The molecule has 0 amide bonds. The number of aryl methyl sites for hydroxylation is 1. The zero-order valence-corrected chi connectivity index (χ0v) is 12.9. The maximum absolute atomic E-state index is 10.9. The predicted molar refractivity (Wildman–Crippen MR) is 81.6 cm³/mol. The van der Waals surface area contributed by atoms with Gasteiger partial charge in [0.25, 0.3) is 5.69 Å². The number of hydrogen-bond donors (Lipinski definition) is 1. The summed E-state index contributed by atoms with van der Waals surface area (Å²) in [6.45, 7) is 6.44. The largest absolute Gasteiger partial charge is 0.382 e. The van der Waals surface area contributed by atoms with E-state index in [0.717, 1.165) is 18.5 Å². The number of benzene rings is 1. The fraction of sp³-hybridized carbons (Fsp3) is 0.600. The Hall–Kier alpha value is -1.50. The molecule has 0 fully saturated rings. The van der Waals surface area contributed by atoms with Crippen molar-refractivity contribution < 1.29 is 14.4 Å². The Kier molecular flexibility index (Phi) is 7.89. The molecule has 0 bridgehead atoms. The van der Waals surface area contributed by atoms with Gasteiger partial charge in [-0.1, -0.05) is 12.1 Å². The van der Waals surface area contributed by atoms with Crippen molar-refractivity contribution in [3.63, 3.8) is 0 Å². The fourth-order valence-corrected chi connectivity index (χ4v) is 1.95. The molecule has 0 heterocycles. The van der Waals surface area contributed by atoms with Crippen LogP contribution in [0.1, 0.15) is 30.5 Å². The van der Waals surface area contributed by atoms with Crippen molar-refractivity contribution in [2.75, 3.05) is 33.5 Å². The molecule has 1 N–H and O–H groups in total. The van der Waals surface area contributed by atoms with Crippen LogP contribution in [0.15, 0.2) is 18.2 Å². The molecule has 0 spiro atoms. The molecule has 0 saturated carbocycles. The third-order valence-corrected chi connectivity index (χ3v) is 3.28. The second kappa shape index (κ2) is 9.44. The van der Waals surface area contributed by atoms with Gasteiger partial charge in [0.05, 0.1) is 18.1 Å². The van der Waals surface area contributed by atoms with E-state index < -0.39 is 0 Å². The van der Waals surface area contributed by atoms with E-state index in [1.807, 2.05) is 13.0 Å². The number of nitro groups is 1. The lowest BCUT2D eigenvalue weighted by Crippen LogP contribution is -2.21. The zero-order chi connectivity index (χ0) is 15.7. The first kappa shape index (κ1) is 17.6. The molecule has 6 nitrogen and oxygen atoms in total. The maximum Gasteiger partial charge on any atom is 0.272 e. The Labute approximate surface area is 125 Å². The van der Waals surface area contributed by atoms with Crippen LogP contribution >= 0.6 is 0 Å². The molecule has 0 aromatic heterocycles. The third kappa shape index (κ3) is 6.20. The van der Waals surface area contributed by atoms with Gasteiger partial charge in [0.1, 0.15) is 0 Å². The van der Waals surface area contributed by atoms with Crippen molar-refractivity contribution in [2.45, 2.75) is 26.3 Å². The van der Waals surface area contributed by atoms with Gasteiger partial charge in [0, 0.05) is 31.4 Å². The van der Waals surface area contributed by atoms with Crippen LogP contribution in [0.4, 0.5) is 5.69 Å². The highest BCUT2D eigenvalue weighted by Crippen LogP contribution is 2.23. The Balaban J connectivity index is 2.37. The Morgan fingerprint density at radius 3 is 2.76 bits per heavy atom. The molecular formula is C15H24N2O4. The van der Waals surface area contributed by atoms with E-state index in [1.54, 1.807) is 26.2 Å². The summed E-state index contributed by atoms with van der Waals surface area (Å²) in [6.07, 6.45) is 0.891. The second-order valence-corrected chi connectivity index (χ2v) is 4.94. The maximum atomic E-state index is 10.9. The standard InChI is InChI=1S/C15H24N2O4/c1-12-5-6-14(11-15(12)17(18)19)13(2)16-7-4-8-21-10-9-20-3/h5-6,11,13,16H,4,7-10H2,1-3H3. The topological polar surface area (TPSA) is 73.6 Å². The van der Waals surface area contributed by atoms with Gasteiger partial charge in [0.2, 0.25) is 0 Å². The van der Waals surface area contributed by atoms with Crippen LogP contribution in [0, 0.1) is 17.0 Å². The summed E-state index contributed by atoms with van der Waals surface area (Å²) >= 11 is 0. The van der Waals surface area contributed by atoms with E-state index >= 15 is 0 Å². The molecule has 1 atom stereocenters. The number of hydrogen-bond acceptors (Lipinski definition) is 5. The predicted octanol–water partition coefficient (Wildman–Crippen LogP) is 2.61.